The zero-order chi connectivity index (χ0) is 17.5. The number of nitrogens with one attached hydrogen (secondary N) is 1. The van der Waals surface area contributed by atoms with E-state index in [-0.39, 0.29) is 0 Å². The minimum atomic E-state index is 0.914. The Balaban J connectivity index is 1.41. The summed E-state index contributed by atoms with van der Waals surface area (Å²) >= 11 is 0. The molecule has 0 amide bonds. The molecule has 1 aromatic heterocycles. The maximum Gasteiger partial charge on any atom is 0.125 e. The molecule has 2 heterocycles. The summed E-state index contributed by atoms with van der Waals surface area (Å²) < 4.78 is 5.29. The topological polar surface area (TPSA) is 37.4 Å². The molecule has 0 atom stereocenters. The highest BCUT2D eigenvalue weighted by Crippen LogP contribution is 2.27. The Hall–Kier alpha value is -1.81. The molecule has 0 radical (unpaired) electrons. The van der Waals surface area contributed by atoms with Crippen LogP contribution in [0, 0.1) is 5.92 Å². The molecule has 1 saturated heterocycles. The van der Waals surface area contributed by atoms with Gasteiger partial charge in [0.25, 0.3) is 0 Å². The van der Waals surface area contributed by atoms with Gasteiger partial charge in [0.15, 0.2) is 0 Å². The lowest BCUT2D eigenvalue weighted by molar-refractivity contribution is 0.211. The van der Waals surface area contributed by atoms with Gasteiger partial charge in [-0.1, -0.05) is 6.08 Å². The minimum Gasteiger partial charge on any atom is -0.501 e. The molecule has 1 aliphatic heterocycles. The van der Waals surface area contributed by atoms with E-state index < -0.39 is 0 Å². The fourth-order valence-electron chi connectivity index (χ4n) is 3.68. The van der Waals surface area contributed by atoms with E-state index in [0.717, 1.165) is 36.9 Å². The zero-order valence-corrected chi connectivity index (χ0v) is 15.6. The highest BCUT2D eigenvalue weighted by atomic mass is 16.5. The van der Waals surface area contributed by atoms with Gasteiger partial charge in [-0.05, 0) is 87.5 Å². The average Bonchev–Trinajstić information content (AvgIpc) is 2.67. The molecule has 1 fully saturated rings. The number of rotatable bonds is 7. The zero-order valence-electron chi connectivity index (χ0n) is 15.6. The van der Waals surface area contributed by atoms with Gasteiger partial charge < -0.3 is 15.0 Å². The van der Waals surface area contributed by atoms with Crippen molar-refractivity contribution in [2.75, 3.05) is 39.1 Å². The van der Waals surface area contributed by atoms with Crippen molar-refractivity contribution in [3.63, 3.8) is 0 Å². The summed E-state index contributed by atoms with van der Waals surface area (Å²) in [6, 6.07) is 4.27. The fraction of sp³-hybridized carbons (Fsp3) is 0.571. The van der Waals surface area contributed by atoms with E-state index in [9.17, 15) is 0 Å². The largest absolute Gasteiger partial charge is 0.501 e. The molecule has 25 heavy (non-hydrogen) atoms. The van der Waals surface area contributed by atoms with Gasteiger partial charge in [0.2, 0.25) is 0 Å². The van der Waals surface area contributed by atoms with Crippen molar-refractivity contribution >= 4 is 11.4 Å². The smallest absolute Gasteiger partial charge is 0.125 e. The summed E-state index contributed by atoms with van der Waals surface area (Å²) in [4.78, 5) is 7.02. The van der Waals surface area contributed by atoms with Crippen molar-refractivity contribution < 1.29 is 4.74 Å². The molecule has 1 aromatic rings. The number of likely N-dealkylation sites (tertiary alicyclic amines) is 1. The Morgan fingerprint density at radius 2 is 2.04 bits per heavy atom. The van der Waals surface area contributed by atoms with E-state index in [1.807, 2.05) is 6.20 Å². The van der Waals surface area contributed by atoms with Crippen LogP contribution in [0.5, 0.6) is 0 Å². The SMILES string of the molecule is COC1=CC=C(c2ccc(NCCCC3CCN(C)CC3)nc2)CC1. The number of anilines is 1. The van der Waals surface area contributed by atoms with Crippen molar-refractivity contribution in [2.45, 2.75) is 38.5 Å². The number of pyridine rings is 1. The lowest BCUT2D eigenvalue weighted by atomic mass is 9.92. The lowest BCUT2D eigenvalue weighted by Crippen LogP contribution is -2.30. The van der Waals surface area contributed by atoms with Crippen LogP contribution in [0.15, 0.2) is 36.2 Å². The number of methoxy groups -OCH3 is 1. The number of hydrogen-bond acceptors (Lipinski definition) is 4. The number of aromatic nitrogens is 1. The van der Waals surface area contributed by atoms with Crippen molar-refractivity contribution in [1.29, 1.82) is 0 Å². The number of allylic oxidation sites excluding steroid dienone is 4. The van der Waals surface area contributed by atoms with Crippen molar-refractivity contribution in [3.8, 4) is 0 Å². The molecular weight excluding hydrogens is 310 g/mol. The first-order chi connectivity index (χ1) is 12.2. The number of piperidine rings is 1. The summed E-state index contributed by atoms with van der Waals surface area (Å²) in [5.41, 5.74) is 2.55. The predicted octanol–water partition coefficient (Wildman–Crippen LogP) is 4.32. The number of ether oxygens (including phenoxy) is 1. The Kier molecular flexibility index (Phi) is 6.51. The van der Waals surface area contributed by atoms with Crippen LogP contribution in [0.3, 0.4) is 0 Å². The van der Waals surface area contributed by atoms with E-state index in [2.05, 4.69) is 46.5 Å². The molecule has 0 saturated carbocycles. The second-order valence-electron chi connectivity index (χ2n) is 7.28. The van der Waals surface area contributed by atoms with E-state index in [0.29, 0.717) is 0 Å². The lowest BCUT2D eigenvalue weighted by Gasteiger charge is -2.28. The van der Waals surface area contributed by atoms with Crippen LogP contribution in [-0.2, 0) is 4.74 Å². The van der Waals surface area contributed by atoms with E-state index in [4.69, 9.17) is 4.74 Å². The summed E-state index contributed by atoms with van der Waals surface area (Å²) in [5, 5.41) is 3.47. The molecule has 0 spiro atoms. The van der Waals surface area contributed by atoms with Gasteiger partial charge in [0.1, 0.15) is 5.82 Å². The van der Waals surface area contributed by atoms with Crippen molar-refractivity contribution in [1.82, 2.24) is 9.88 Å². The number of hydrogen-bond donors (Lipinski definition) is 1. The molecule has 2 aliphatic rings. The third-order valence-electron chi connectivity index (χ3n) is 5.44. The van der Waals surface area contributed by atoms with Gasteiger partial charge in [-0.25, -0.2) is 4.98 Å². The fourth-order valence-corrected chi connectivity index (χ4v) is 3.68. The predicted molar refractivity (Wildman–Crippen MR) is 104 cm³/mol. The second-order valence-corrected chi connectivity index (χ2v) is 7.28. The first-order valence-corrected chi connectivity index (χ1v) is 9.57. The van der Waals surface area contributed by atoms with Gasteiger partial charge in [-0.2, -0.15) is 0 Å². The maximum atomic E-state index is 5.29. The summed E-state index contributed by atoms with van der Waals surface area (Å²) in [7, 11) is 3.96. The minimum absolute atomic E-state index is 0.914. The van der Waals surface area contributed by atoms with E-state index in [1.165, 1.54) is 49.9 Å². The first-order valence-electron chi connectivity index (χ1n) is 9.57. The molecule has 0 aromatic carbocycles. The third-order valence-corrected chi connectivity index (χ3v) is 5.44. The molecule has 136 valence electrons. The maximum absolute atomic E-state index is 5.29. The molecule has 3 rings (SSSR count). The Bertz CT molecular complexity index is 598. The van der Waals surface area contributed by atoms with E-state index in [1.54, 1.807) is 7.11 Å². The quantitative estimate of drug-likeness (QED) is 0.749. The Labute approximate surface area is 152 Å². The van der Waals surface area contributed by atoms with Crippen LogP contribution in [0.1, 0.15) is 44.1 Å². The number of nitrogens with zero attached hydrogens (tertiary/aromatic N) is 2. The first kappa shape index (κ1) is 18.0. The second kappa shape index (κ2) is 9.04. The molecular formula is C21H31N3O. The third kappa shape index (κ3) is 5.33. The highest BCUT2D eigenvalue weighted by molar-refractivity contribution is 5.68. The molecule has 1 aliphatic carbocycles. The highest BCUT2D eigenvalue weighted by Gasteiger charge is 2.15. The van der Waals surface area contributed by atoms with Gasteiger partial charge in [-0.15, -0.1) is 0 Å². The van der Waals surface area contributed by atoms with Crippen LogP contribution < -0.4 is 5.32 Å². The molecule has 0 unspecified atom stereocenters. The van der Waals surface area contributed by atoms with Gasteiger partial charge in [0.05, 0.1) is 12.9 Å². The normalized spacial score (nSPS) is 19.3. The van der Waals surface area contributed by atoms with Crippen LogP contribution >= 0.6 is 0 Å². The van der Waals surface area contributed by atoms with Crippen molar-refractivity contribution in [2.24, 2.45) is 5.92 Å². The summed E-state index contributed by atoms with van der Waals surface area (Å²) in [6.07, 6.45) is 13.5. The van der Waals surface area contributed by atoms with Crippen LogP contribution in [-0.4, -0.2) is 43.7 Å². The average molecular weight is 341 g/mol. The molecule has 1 N–H and O–H groups in total. The Morgan fingerprint density at radius 1 is 1.20 bits per heavy atom. The van der Waals surface area contributed by atoms with Crippen LogP contribution in [0.2, 0.25) is 0 Å². The molecule has 4 heteroatoms. The van der Waals surface area contributed by atoms with Gasteiger partial charge >= 0.3 is 0 Å². The summed E-state index contributed by atoms with van der Waals surface area (Å²) in [6.45, 7) is 3.54. The van der Waals surface area contributed by atoms with Crippen molar-refractivity contribution in [3.05, 3.63) is 41.8 Å². The monoisotopic (exact) mass is 341 g/mol. The molecule has 0 bridgehead atoms. The Morgan fingerprint density at radius 3 is 2.68 bits per heavy atom. The van der Waals surface area contributed by atoms with Crippen LogP contribution in [0.25, 0.3) is 5.57 Å². The van der Waals surface area contributed by atoms with E-state index >= 15 is 0 Å². The molecule has 4 nitrogen and oxygen atoms in total. The van der Waals surface area contributed by atoms with Gasteiger partial charge in [0, 0.05) is 19.2 Å². The van der Waals surface area contributed by atoms with Gasteiger partial charge in [-0.3, -0.25) is 0 Å². The van der Waals surface area contributed by atoms with Crippen LogP contribution in [0.4, 0.5) is 5.82 Å². The summed E-state index contributed by atoms with van der Waals surface area (Å²) in [5.74, 6) is 2.95. The standard InChI is InChI=1S/C21H31N3O/c1-24-14-11-17(12-15-24)4-3-13-22-21-10-7-19(16-23-21)18-5-8-20(25-2)9-6-18/h5,7-8,10,16-17H,3-4,6,9,11-15H2,1-2H3,(H,22,23).